The molecule has 1 aromatic carbocycles. The third-order valence-corrected chi connectivity index (χ3v) is 3.26. The number of imidazole rings is 1. The zero-order valence-electron chi connectivity index (χ0n) is 11.1. The summed E-state index contributed by atoms with van der Waals surface area (Å²) in [6, 6.07) is 12.1. The third kappa shape index (κ3) is 1.85. The van der Waals surface area contributed by atoms with Gasteiger partial charge < -0.3 is 9.88 Å². The molecule has 0 aliphatic rings. The Morgan fingerprint density at radius 3 is 2.79 bits per heavy atom. The van der Waals surface area contributed by atoms with Crippen molar-refractivity contribution in [3.05, 3.63) is 42.6 Å². The van der Waals surface area contributed by atoms with Gasteiger partial charge in [0, 0.05) is 31.0 Å². The minimum atomic E-state index is 0.848. The van der Waals surface area contributed by atoms with Gasteiger partial charge in [0.15, 0.2) is 5.65 Å². The highest BCUT2D eigenvalue weighted by Crippen LogP contribution is 2.29. The summed E-state index contributed by atoms with van der Waals surface area (Å²) >= 11 is 0. The SMILES string of the molecule is CCn1c(-c2ccccc2NC)nc2cccnc21. The van der Waals surface area contributed by atoms with E-state index in [1.165, 1.54) is 0 Å². The van der Waals surface area contributed by atoms with Crippen LogP contribution in [0.25, 0.3) is 22.6 Å². The van der Waals surface area contributed by atoms with Gasteiger partial charge in [-0.25, -0.2) is 9.97 Å². The first kappa shape index (κ1) is 11.7. The van der Waals surface area contributed by atoms with E-state index in [0.717, 1.165) is 34.8 Å². The second-order valence-electron chi connectivity index (χ2n) is 4.32. The zero-order valence-corrected chi connectivity index (χ0v) is 11.1. The van der Waals surface area contributed by atoms with Crippen molar-refractivity contribution in [2.45, 2.75) is 13.5 Å². The molecule has 0 amide bonds. The fraction of sp³-hybridized carbons (Fsp3) is 0.200. The molecular weight excluding hydrogens is 236 g/mol. The lowest BCUT2D eigenvalue weighted by Gasteiger charge is -2.10. The van der Waals surface area contributed by atoms with Gasteiger partial charge in [0.2, 0.25) is 0 Å². The molecule has 0 radical (unpaired) electrons. The lowest BCUT2D eigenvalue weighted by atomic mass is 10.1. The summed E-state index contributed by atoms with van der Waals surface area (Å²) in [6.45, 7) is 2.96. The number of benzene rings is 1. The second kappa shape index (κ2) is 4.72. The smallest absolute Gasteiger partial charge is 0.160 e. The van der Waals surface area contributed by atoms with Gasteiger partial charge in [-0.05, 0) is 31.2 Å². The molecule has 0 unspecified atom stereocenters. The molecule has 0 saturated heterocycles. The monoisotopic (exact) mass is 252 g/mol. The van der Waals surface area contributed by atoms with E-state index in [-0.39, 0.29) is 0 Å². The maximum absolute atomic E-state index is 4.72. The van der Waals surface area contributed by atoms with Gasteiger partial charge in [0.25, 0.3) is 0 Å². The maximum atomic E-state index is 4.72. The molecule has 2 heterocycles. The number of rotatable bonds is 3. The van der Waals surface area contributed by atoms with Gasteiger partial charge in [-0.2, -0.15) is 0 Å². The lowest BCUT2D eigenvalue weighted by molar-refractivity contribution is 0.787. The normalized spacial score (nSPS) is 10.8. The van der Waals surface area contributed by atoms with Crippen molar-refractivity contribution in [3.8, 4) is 11.4 Å². The Hall–Kier alpha value is -2.36. The highest BCUT2D eigenvalue weighted by atomic mass is 15.1. The number of para-hydroxylation sites is 1. The van der Waals surface area contributed by atoms with Gasteiger partial charge >= 0.3 is 0 Å². The van der Waals surface area contributed by atoms with Gasteiger partial charge in [0.05, 0.1) is 0 Å². The Morgan fingerprint density at radius 1 is 1.16 bits per heavy atom. The molecule has 0 aliphatic heterocycles. The topological polar surface area (TPSA) is 42.7 Å². The highest BCUT2D eigenvalue weighted by molar-refractivity contribution is 5.81. The Balaban J connectivity index is 2.30. The van der Waals surface area contributed by atoms with Crippen molar-refractivity contribution in [2.24, 2.45) is 0 Å². The molecular formula is C15H16N4. The van der Waals surface area contributed by atoms with Crippen LogP contribution in [-0.2, 0) is 6.54 Å². The fourth-order valence-electron chi connectivity index (χ4n) is 2.36. The van der Waals surface area contributed by atoms with E-state index in [1.54, 1.807) is 0 Å². The van der Waals surface area contributed by atoms with Crippen molar-refractivity contribution in [3.63, 3.8) is 0 Å². The van der Waals surface area contributed by atoms with Crippen molar-refractivity contribution in [2.75, 3.05) is 12.4 Å². The number of fused-ring (bicyclic) bond motifs is 1. The predicted molar refractivity (Wildman–Crippen MR) is 78.2 cm³/mol. The molecule has 0 bridgehead atoms. The van der Waals surface area contributed by atoms with Crippen LogP contribution < -0.4 is 5.32 Å². The molecule has 3 rings (SSSR count). The first-order valence-corrected chi connectivity index (χ1v) is 6.43. The number of anilines is 1. The van der Waals surface area contributed by atoms with E-state index in [1.807, 2.05) is 37.5 Å². The molecule has 3 aromatic rings. The zero-order chi connectivity index (χ0) is 13.2. The van der Waals surface area contributed by atoms with E-state index in [9.17, 15) is 0 Å². The number of nitrogens with zero attached hydrogens (tertiary/aromatic N) is 3. The highest BCUT2D eigenvalue weighted by Gasteiger charge is 2.14. The summed E-state index contributed by atoms with van der Waals surface area (Å²) in [7, 11) is 1.93. The van der Waals surface area contributed by atoms with Crippen LogP contribution in [0.1, 0.15) is 6.92 Å². The predicted octanol–water partition coefficient (Wildman–Crippen LogP) is 3.16. The summed E-state index contributed by atoms with van der Waals surface area (Å²) in [6.07, 6.45) is 1.81. The lowest BCUT2D eigenvalue weighted by Crippen LogP contribution is -2.00. The number of hydrogen-bond acceptors (Lipinski definition) is 3. The Kier molecular flexibility index (Phi) is 2.91. The molecule has 0 atom stereocenters. The van der Waals surface area contributed by atoms with Gasteiger partial charge in [-0.15, -0.1) is 0 Å². The fourth-order valence-corrected chi connectivity index (χ4v) is 2.36. The molecule has 0 saturated carbocycles. The minimum absolute atomic E-state index is 0.848. The summed E-state index contributed by atoms with van der Waals surface area (Å²) in [4.78, 5) is 9.16. The first-order valence-electron chi connectivity index (χ1n) is 6.43. The van der Waals surface area contributed by atoms with Crippen LogP contribution in [-0.4, -0.2) is 21.6 Å². The first-order chi connectivity index (χ1) is 9.35. The Morgan fingerprint density at radius 2 is 2.00 bits per heavy atom. The van der Waals surface area contributed by atoms with E-state index in [2.05, 4.69) is 33.9 Å². The van der Waals surface area contributed by atoms with Crippen molar-refractivity contribution < 1.29 is 0 Å². The van der Waals surface area contributed by atoms with Crippen LogP contribution in [0.4, 0.5) is 5.69 Å². The van der Waals surface area contributed by atoms with Gasteiger partial charge in [-0.1, -0.05) is 12.1 Å². The van der Waals surface area contributed by atoms with Crippen LogP contribution in [0, 0.1) is 0 Å². The summed E-state index contributed by atoms with van der Waals surface area (Å²) in [5.41, 5.74) is 4.05. The Bertz CT molecular complexity index is 715. The largest absolute Gasteiger partial charge is 0.388 e. The summed E-state index contributed by atoms with van der Waals surface area (Å²) in [5, 5.41) is 3.22. The van der Waals surface area contributed by atoms with Crippen LogP contribution >= 0.6 is 0 Å². The molecule has 0 spiro atoms. The number of aryl methyl sites for hydroxylation is 1. The van der Waals surface area contributed by atoms with Gasteiger partial charge in [-0.3, -0.25) is 0 Å². The minimum Gasteiger partial charge on any atom is -0.388 e. The van der Waals surface area contributed by atoms with E-state index in [0.29, 0.717) is 0 Å². The second-order valence-corrected chi connectivity index (χ2v) is 4.32. The average Bonchev–Trinajstić information content (AvgIpc) is 2.85. The molecule has 0 aliphatic carbocycles. The third-order valence-electron chi connectivity index (χ3n) is 3.26. The summed E-state index contributed by atoms with van der Waals surface area (Å²) in [5.74, 6) is 0.959. The van der Waals surface area contributed by atoms with Crippen molar-refractivity contribution in [1.29, 1.82) is 0 Å². The molecule has 2 aromatic heterocycles. The molecule has 4 nitrogen and oxygen atoms in total. The van der Waals surface area contributed by atoms with Gasteiger partial charge in [0.1, 0.15) is 11.3 Å². The van der Waals surface area contributed by atoms with Crippen LogP contribution in [0.2, 0.25) is 0 Å². The summed E-state index contributed by atoms with van der Waals surface area (Å²) < 4.78 is 2.14. The van der Waals surface area contributed by atoms with Crippen molar-refractivity contribution >= 4 is 16.9 Å². The average molecular weight is 252 g/mol. The number of pyridine rings is 1. The number of hydrogen-bond donors (Lipinski definition) is 1. The molecule has 0 fully saturated rings. The van der Waals surface area contributed by atoms with Crippen LogP contribution in [0.3, 0.4) is 0 Å². The standard InChI is InChI=1S/C15H16N4/c1-3-19-14(11-7-4-5-8-12(11)16-2)18-13-9-6-10-17-15(13)19/h4-10,16H,3H2,1-2H3. The molecule has 1 N–H and O–H groups in total. The maximum Gasteiger partial charge on any atom is 0.160 e. The quantitative estimate of drug-likeness (QED) is 0.778. The Labute approximate surface area is 112 Å². The molecule has 19 heavy (non-hydrogen) atoms. The van der Waals surface area contributed by atoms with E-state index >= 15 is 0 Å². The molecule has 4 heteroatoms. The number of nitrogens with one attached hydrogen (secondary N) is 1. The van der Waals surface area contributed by atoms with Crippen LogP contribution in [0.5, 0.6) is 0 Å². The van der Waals surface area contributed by atoms with Crippen LogP contribution in [0.15, 0.2) is 42.6 Å². The molecule has 96 valence electrons. The van der Waals surface area contributed by atoms with E-state index < -0.39 is 0 Å². The van der Waals surface area contributed by atoms with E-state index in [4.69, 9.17) is 4.98 Å². The number of aromatic nitrogens is 3. The van der Waals surface area contributed by atoms with Crippen molar-refractivity contribution in [1.82, 2.24) is 14.5 Å².